The quantitative estimate of drug-likeness (QED) is 0.181. The van der Waals surface area contributed by atoms with Crippen LogP contribution in [0.3, 0.4) is 0 Å². The lowest BCUT2D eigenvalue weighted by Gasteiger charge is -2.16. The van der Waals surface area contributed by atoms with Crippen molar-refractivity contribution in [2.24, 2.45) is 0 Å². The van der Waals surface area contributed by atoms with E-state index in [-0.39, 0.29) is 42.3 Å². The Hall–Kier alpha value is -3.53. The van der Waals surface area contributed by atoms with Crippen LogP contribution >= 0.6 is 11.8 Å². The van der Waals surface area contributed by atoms with Gasteiger partial charge in [-0.1, -0.05) is 36.8 Å². The van der Waals surface area contributed by atoms with Crippen molar-refractivity contribution in [1.29, 1.82) is 0 Å². The fourth-order valence-electron chi connectivity index (χ4n) is 4.42. The number of unbranched alkanes of at least 4 members (excludes halogenated alkanes) is 1. The number of thioether (sulfide) groups is 1. The normalized spacial score (nSPS) is 19.9. The number of fused-ring (bicyclic) bond motifs is 1. The molecule has 0 aliphatic carbocycles. The van der Waals surface area contributed by atoms with Crippen molar-refractivity contribution in [1.82, 2.24) is 21.3 Å². The Balaban J connectivity index is 1.03. The van der Waals surface area contributed by atoms with Gasteiger partial charge in [-0.05, 0) is 37.1 Å². The highest BCUT2D eigenvalue weighted by molar-refractivity contribution is 8.00. The van der Waals surface area contributed by atoms with Crippen molar-refractivity contribution < 1.29 is 23.9 Å². The topological polar surface area (TPSA) is 126 Å². The molecule has 4 rings (SSSR count). The molecule has 2 aromatic rings. The van der Waals surface area contributed by atoms with Crippen molar-refractivity contribution in [2.75, 3.05) is 25.4 Å². The molecular weight excluding hydrogens is 492 g/mol. The molecule has 2 heterocycles. The minimum Gasteiger partial charge on any atom is -0.484 e. The molecule has 9 nitrogen and oxygen atoms in total. The summed E-state index contributed by atoms with van der Waals surface area (Å²) in [7, 11) is 0. The highest BCUT2D eigenvalue weighted by Crippen LogP contribution is 2.33. The maximum Gasteiger partial charge on any atom is 0.315 e. The van der Waals surface area contributed by atoms with Gasteiger partial charge in [-0.3, -0.25) is 14.4 Å². The number of ether oxygens (including phenoxy) is 1. The molecule has 2 aliphatic heterocycles. The van der Waals surface area contributed by atoms with Gasteiger partial charge in [0.05, 0.1) is 12.1 Å². The molecule has 0 saturated carbocycles. The molecule has 196 valence electrons. The first-order chi connectivity index (χ1) is 18.0. The molecule has 2 aliphatic rings. The Morgan fingerprint density at radius 1 is 0.892 bits per heavy atom. The second kappa shape index (κ2) is 13.1. The standard InChI is InChI=1S/C27H32N4O5S/c32-23(9-5-4-8-22-25-21(17-37-22)30-27(35)31-25)28-14-15-29-24(33)16-36-20-12-10-19(11-13-20)26(34)18-6-2-1-3-7-18/h1-3,6-7,10-13,21-22,25H,4-5,8-9,14-17H2,(H,28,32)(H,29,33)(H2,30,31,35)/t21-,22-,25-/m1/s1. The molecule has 0 unspecified atom stereocenters. The van der Waals surface area contributed by atoms with E-state index in [1.165, 1.54) is 0 Å². The minimum absolute atomic E-state index is 0.0385. The Morgan fingerprint density at radius 3 is 2.35 bits per heavy atom. The number of nitrogens with one attached hydrogen (secondary N) is 4. The first-order valence-electron chi connectivity index (χ1n) is 12.5. The number of ketones is 1. The average Bonchev–Trinajstić information content (AvgIpc) is 3.47. The largest absolute Gasteiger partial charge is 0.484 e. The number of hydrogen-bond donors (Lipinski definition) is 4. The van der Waals surface area contributed by atoms with Crippen molar-refractivity contribution in [2.45, 2.75) is 43.0 Å². The molecule has 0 radical (unpaired) electrons. The summed E-state index contributed by atoms with van der Waals surface area (Å²) >= 11 is 1.88. The maximum atomic E-state index is 12.4. The van der Waals surface area contributed by atoms with E-state index in [0.717, 1.165) is 25.0 Å². The average molecular weight is 525 g/mol. The van der Waals surface area contributed by atoms with Crippen LogP contribution in [-0.2, 0) is 9.59 Å². The molecule has 2 fully saturated rings. The molecule has 4 N–H and O–H groups in total. The van der Waals surface area contributed by atoms with Crippen molar-refractivity contribution in [3.05, 3.63) is 65.7 Å². The number of amides is 4. The van der Waals surface area contributed by atoms with Gasteiger partial charge in [0, 0.05) is 41.6 Å². The summed E-state index contributed by atoms with van der Waals surface area (Å²) in [6.45, 7) is 0.505. The van der Waals surface area contributed by atoms with Crippen LogP contribution in [-0.4, -0.2) is 66.4 Å². The number of carbonyl (C=O) groups is 4. The zero-order chi connectivity index (χ0) is 26.0. The van der Waals surface area contributed by atoms with Gasteiger partial charge in [0.15, 0.2) is 12.4 Å². The number of hydrogen-bond acceptors (Lipinski definition) is 6. The van der Waals surface area contributed by atoms with E-state index in [4.69, 9.17) is 4.74 Å². The van der Waals surface area contributed by atoms with Gasteiger partial charge in [0.25, 0.3) is 5.91 Å². The molecule has 0 bridgehead atoms. The smallest absolute Gasteiger partial charge is 0.315 e. The van der Waals surface area contributed by atoms with E-state index >= 15 is 0 Å². The lowest BCUT2D eigenvalue weighted by Crippen LogP contribution is -2.37. The van der Waals surface area contributed by atoms with E-state index in [0.29, 0.717) is 41.6 Å². The van der Waals surface area contributed by atoms with E-state index in [1.54, 1.807) is 36.4 Å². The second-order valence-corrected chi connectivity index (χ2v) is 10.3. The molecule has 10 heteroatoms. The third-order valence-corrected chi connectivity index (χ3v) is 7.88. The van der Waals surface area contributed by atoms with E-state index < -0.39 is 0 Å². The summed E-state index contributed by atoms with van der Waals surface area (Å²) in [5, 5.41) is 11.8. The van der Waals surface area contributed by atoms with Crippen LogP contribution in [0.15, 0.2) is 54.6 Å². The highest BCUT2D eigenvalue weighted by Gasteiger charge is 2.42. The van der Waals surface area contributed by atoms with Crippen LogP contribution in [0, 0.1) is 0 Å². The molecular formula is C27H32N4O5S. The van der Waals surface area contributed by atoms with Crippen LogP contribution < -0.4 is 26.0 Å². The zero-order valence-corrected chi connectivity index (χ0v) is 21.4. The Labute approximate surface area is 220 Å². The SMILES string of the molecule is O=C(CCCC[C@H]1SC[C@H]2NC(=O)N[C@H]21)NCCNC(=O)COc1ccc(C(=O)c2ccccc2)cc1. The third-order valence-electron chi connectivity index (χ3n) is 6.37. The first-order valence-corrected chi connectivity index (χ1v) is 13.6. The van der Waals surface area contributed by atoms with Gasteiger partial charge in [0.2, 0.25) is 5.91 Å². The Morgan fingerprint density at radius 2 is 1.59 bits per heavy atom. The summed E-state index contributed by atoms with van der Waals surface area (Å²) in [5.41, 5.74) is 1.16. The van der Waals surface area contributed by atoms with Crippen LogP contribution in [0.5, 0.6) is 5.75 Å². The van der Waals surface area contributed by atoms with Gasteiger partial charge in [-0.25, -0.2) is 4.79 Å². The van der Waals surface area contributed by atoms with Crippen LogP contribution in [0.25, 0.3) is 0 Å². The Kier molecular flexibility index (Phi) is 9.42. The number of rotatable bonds is 13. The van der Waals surface area contributed by atoms with Crippen molar-refractivity contribution in [3.8, 4) is 5.75 Å². The highest BCUT2D eigenvalue weighted by atomic mass is 32.2. The maximum absolute atomic E-state index is 12.4. The predicted molar refractivity (Wildman–Crippen MR) is 142 cm³/mol. The first kappa shape index (κ1) is 26.5. The van der Waals surface area contributed by atoms with Crippen LogP contribution in [0.4, 0.5) is 4.79 Å². The second-order valence-electron chi connectivity index (χ2n) is 9.08. The summed E-state index contributed by atoms with van der Waals surface area (Å²) in [6.07, 6.45) is 3.14. The fraction of sp³-hybridized carbons (Fsp3) is 0.407. The monoisotopic (exact) mass is 524 g/mol. The summed E-state index contributed by atoms with van der Waals surface area (Å²) in [5.74, 6) is 1.02. The van der Waals surface area contributed by atoms with Gasteiger partial charge in [-0.2, -0.15) is 11.8 Å². The molecule has 0 aromatic heterocycles. The third kappa shape index (κ3) is 7.72. The molecule has 2 aromatic carbocycles. The molecule has 2 saturated heterocycles. The minimum atomic E-state index is -0.292. The number of benzene rings is 2. The van der Waals surface area contributed by atoms with Gasteiger partial charge in [0.1, 0.15) is 5.75 Å². The molecule has 3 atom stereocenters. The van der Waals surface area contributed by atoms with E-state index in [2.05, 4.69) is 21.3 Å². The van der Waals surface area contributed by atoms with Crippen LogP contribution in [0.1, 0.15) is 41.6 Å². The molecule has 37 heavy (non-hydrogen) atoms. The van der Waals surface area contributed by atoms with Gasteiger partial charge in [-0.15, -0.1) is 0 Å². The summed E-state index contributed by atoms with van der Waals surface area (Å²) in [4.78, 5) is 47.9. The summed E-state index contributed by atoms with van der Waals surface area (Å²) in [6, 6.07) is 16.0. The molecule has 0 spiro atoms. The lowest BCUT2D eigenvalue weighted by molar-refractivity contribution is -0.124. The zero-order valence-electron chi connectivity index (χ0n) is 20.5. The number of carbonyl (C=O) groups excluding carboxylic acids is 4. The van der Waals surface area contributed by atoms with Crippen molar-refractivity contribution in [3.63, 3.8) is 0 Å². The number of urea groups is 1. The van der Waals surface area contributed by atoms with E-state index in [9.17, 15) is 19.2 Å². The predicted octanol–water partition coefficient (Wildman–Crippen LogP) is 2.25. The fourth-order valence-corrected chi connectivity index (χ4v) is 5.97. The van der Waals surface area contributed by atoms with Gasteiger partial charge >= 0.3 is 6.03 Å². The molecule has 4 amide bonds. The van der Waals surface area contributed by atoms with Crippen molar-refractivity contribution >= 4 is 35.4 Å². The summed E-state index contributed by atoms with van der Waals surface area (Å²) < 4.78 is 5.49. The van der Waals surface area contributed by atoms with E-state index in [1.807, 2.05) is 30.0 Å². The van der Waals surface area contributed by atoms with Gasteiger partial charge < -0.3 is 26.0 Å². The lowest BCUT2D eigenvalue weighted by atomic mass is 10.0. The Bertz CT molecular complexity index is 1100. The van der Waals surface area contributed by atoms with Crippen LogP contribution in [0.2, 0.25) is 0 Å².